The summed E-state index contributed by atoms with van der Waals surface area (Å²) in [4.78, 5) is 23.3. The van der Waals surface area contributed by atoms with Crippen molar-refractivity contribution in [3.05, 3.63) is 75.4 Å². The van der Waals surface area contributed by atoms with Crippen LogP contribution in [0.4, 0.5) is 0 Å². The zero-order valence-corrected chi connectivity index (χ0v) is 13.6. The Morgan fingerprint density at radius 3 is 2.62 bits per heavy atom. The number of hydrogen-bond donors (Lipinski definition) is 1. The van der Waals surface area contributed by atoms with Crippen LogP contribution < -0.4 is 10.9 Å². The zero-order valence-electron chi connectivity index (χ0n) is 12.8. The molecule has 24 heavy (non-hydrogen) atoms. The van der Waals surface area contributed by atoms with Gasteiger partial charge in [0.25, 0.3) is 11.5 Å². The molecule has 0 saturated heterocycles. The lowest BCUT2D eigenvalue weighted by molar-refractivity contribution is 0.0941. The third kappa shape index (κ3) is 3.55. The summed E-state index contributed by atoms with van der Waals surface area (Å²) in [5.41, 5.74) is 0.795. The van der Waals surface area contributed by atoms with Crippen LogP contribution in [-0.4, -0.2) is 15.7 Å². The first-order valence-corrected chi connectivity index (χ1v) is 7.58. The van der Waals surface area contributed by atoms with Gasteiger partial charge in [0.1, 0.15) is 17.2 Å². The number of nitrogens with zero attached hydrogens (tertiary/aromatic N) is 2. The number of halogens is 1. The highest BCUT2D eigenvalue weighted by atomic mass is 35.5. The molecule has 0 saturated carbocycles. The lowest BCUT2D eigenvalue weighted by Crippen LogP contribution is -2.27. The van der Waals surface area contributed by atoms with Gasteiger partial charge in [-0.1, -0.05) is 11.6 Å². The van der Waals surface area contributed by atoms with Gasteiger partial charge in [0.05, 0.1) is 6.54 Å². The van der Waals surface area contributed by atoms with E-state index in [9.17, 15) is 9.59 Å². The molecule has 0 unspecified atom stereocenters. The van der Waals surface area contributed by atoms with Crippen molar-refractivity contribution < 1.29 is 9.21 Å². The standard InChI is InChI=1S/C17H14ClN3O3/c1-21-16(22)9-7-14(20-21)17(23)19-10-13-6-8-15(24-13)11-2-4-12(18)5-3-11/h2-9H,10H2,1H3,(H,19,23). The Bertz CT molecular complexity index is 929. The minimum atomic E-state index is -0.380. The Morgan fingerprint density at radius 1 is 1.17 bits per heavy atom. The molecule has 3 aromatic rings. The number of aryl methyl sites for hydroxylation is 1. The van der Waals surface area contributed by atoms with E-state index in [1.165, 1.54) is 19.2 Å². The van der Waals surface area contributed by atoms with Crippen LogP contribution in [-0.2, 0) is 13.6 Å². The quantitative estimate of drug-likeness (QED) is 0.790. The number of nitrogens with one attached hydrogen (secondary N) is 1. The summed E-state index contributed by atoms with van der Waals surface area (Å²) in [6, 6.07) is 13.6. The number of hydrogen-bond acceptors (Lipinski definition) is 4. The molecule has 1 aromatic carbocycles. The fourth-order valence-electron chi connectivity index (χ4n) is 2.12. The van der Waals surface area contributed by atoms with E-state index in [-0.39, 0.29) is 23.7 Å². The molecule has 6 nitrogen and oxygen atoms in total. The van der Waals surface area contributed by atoms with Gasteiger partial charge in [0, 0.05) is 23.7 Å². The molecular weight excluding hydrogens is 330 g/mol. The minimum absolute atomic E-state index is 0.168. The summed E-state index contributed by atoms with van der Waals surface area (Å²) in [6.07, 6.45) is 0. The van der Waals surface area contributed by atoms with Gasteiger partial charge in [-0.2, -0.15) is 5.10 Å². The summed E-state index contributed by atoms with van der Waals surface area (Å²) in [5, 5.41) is 7.25. The number of rotatable bonds is 4. The monoisotopic (exact) mass is 343 g/mol. The first-order valence-electron chi connectivity index (χ1n) is 7.20. The third-order valence-electron chi connectivity index (χ3n) is 3.41. The van der Waals surface area contributed by atoms with E-state index in [0.29, 0.717) is 16.5 Å². The average Bonchev–Trinajstić information content (AvgIpc) is 3.05. The molecule has 0 aliphatic heterocycles. The molecule has 0 spiro atoms. The van der Waals surface area contributed by atoms with Gasteiger partial charge in [-0.3, -0.25) is 9.59 Å². The van der Waals surface area contributed by atoms with Crippen molar-refractivity contribution >= 4 is 17.5 Å². The minimum Gasteiger partial charge on any atom is -0.459 e. The lowest BCUT2D eigenvalue weighted by atomic mass is 10.2. The number of carbonyl (C=O) groups excluding carboxylic acids is 1. The van der Waals surface area contributed by atoms with E-state index in [1.807, 2.05) is 18.2 Å². The van der Waals surface area contributed by atoms with E-state index in [4.69, 9.17) is 16.0 Å². The first-order chi connectivity index (χ1) is 11.5. The van der Waals surface area contributed by atoms with E-state index in [0.717, 1.165) is 10.2 Å². The maximum atomic E-state index is 12.1. The van der Waals surface area contributed by atoms with Crippen molar-refractivity contribution in [1.82, 2.24) is 15.1 Å². The molecule has 122 valence electrons. The molecule has 7 heteroatoms. The molecule has 2 aromatic heterocycles. The van der Waals surface area contributed by atoms with Crippen LogP contribution in [0.5, 0.6) is 0 Å². The maximum absolute atomic E-state index is 12.1. The Labute approximate surface area is 142 Å². The predicted octanol–water partition coefficient (Wildman–Crippen LogP) is 2.62. The smallest absolute Gasteiger partial charge is 0.272 e. The van der Waals surface area contributed by atoms with Crippen LogP contribution in [0, 0.1) is 0 Å². The summed E-state index contributed by atoms with van der Waals surface area (Å²) in [5.74, 6) is 0.921. The van der Waals surface area contributed by atoms with Gasteiger partial charge >= 0.3 is 0 Å². The summed E-state index contributed by atoms with van der Waals surface area (Å²) >= 11 is 5.86. The summed E-state index contributed by atoms with van der Waals surface area (Å²) in [6.45, 7) is 0.219. The molecule has 3 rings (SSSR count). The SMILES string of the molecule is Cn1nc(C(=O)NCc2ccc(-c3ccc(Cl)cc3)o2)ccc1=O. The van der Waals surface area contributed by atoms with Crippen LogP contribution in [0.25, 0.3) is 11.3 Å². The first kappa shape index (κ1) is 16.0. The molecule has 0 fully saturated rings. The van der Waals surface area contributed by atoms with Gasteiger partial charge in [-0.25, -0.2) is 4.68 Å². The molecule has 1 amide bonds. The third-order valence-corrected chi connectivity index (χ3v) is 3.66. The Morgan fingerprint density at radius 2 is 1.92 bits per heavy atom. The van der Waals surface area contributed by atoms with Gasteiger partial charge in [0.15, 0.2) is 0 Å². The Hall–Kier alpha value is -2.86. The number of aromatic nitrogens is 2. The fourth-order valence-corrected chi connectivity index (χ4v) is 2.25. The van der Waals surface area contributed by atoms with Gasteiger partial charge in [0.2, 0.25) is 0 Å². The van der Waals surface area contributed by atoms with E-state index < -0.39 is 0 Å². The summed E-state index contributed by atoms with van der Waals surface area (Å²) < 4.78 is 6.82. The molecule has 0 aliphatic carbocycles. The molecular formula is C17H14ClN3O3. The van der Waals surface area contributed by atoms with Crippen LogP contribution in [0.1, 0.15) is 16.2 Å². The van der Waals surface area contributed by atoms with Crippen molar-refractivity contribution in [3.63, 3.8) is 0 Å². The van der Waals surface area contributed by atoms with E-state index in [2.05, 4.69) is 10.4 Å². The van der Waals surface area contributed by atoms with Gasteiger partial charge < -0.3 is 9.73 Å². The van der Waals surface area contributed by atoms with Gasteiger partial charge in [-0.05, 0) is 42.5 Å². The number of carbonyl (C=O) groups is 1. The highest BCUT2D eigenvalue weighted by Gasteiger charge is 2.10. The molecule has 1 N–H and O–H groups in total. The van der Waals surface area contributed by atoms with Crippen LogP contribution in [0.15, 0.2) is 57.7 Å². The second kappa shape index (κ2) is 6.72. The maximum Gasteiger partial charge on any atom is 0.272 e. The molecule has 0 radical (unpaired) electrons. The second-order valence-electron chi connectivity index (χ2n) is 5.14. The van der Waals surface area contributed by atoms with Gasteiger partial charge in [-0.15, -0.1) is 0 Å². The van der Waals surface area contributed by atoms with Crippen LogP contribution >= 0.6 is 11.6 Å². The van der Waals surface area contributed by atoms with Crippen molar-refractivity contribution in [2.45, 2.75) is 6.54 Å². The number of benzene rings is 1. The highest BCUT2D eigenvalue weighted by molar-refractivity contribution is 6.30. The van der Waals surface area contributed by atoms with Crippen LogP contribution in [0.3, 0.4) is 0 Å². The topological polar surface area (TPSA) is 77.1 Å². The van der Waals surface area contributed by atoms with Crippen molar-refractivity contribution in [2.75, 3.05) is 0 Å². The zero-order chi connectivity index (χ0) is 17.1. The molecule has 0 atom stereocenters. The van der Waals surface area contributed by atoms with E-state index in [1.54, 1.807) is 18.2 Å². The predicted molar refractivity (Wildman–Crippen MR) is 89.8 cm³/mol. The largest absolute Gasteiger partial charge is 0.459 e. The van der Waals surface area contributed by atoms with E-state index >= 15 is 0 Å². The highest BCUT2D eigenvalue weighted by Crippen LogP contribution is 2.23. The fraction of sp³-hybridized carbons (Fsp3) is 0.118. The Kier molecular flexibility index (Phi) is 4.48. The molecule has 0 aliphatic rings. The number of amides is 1. The van der Waals surface area contributed by atoms with Crippen molar-refractivity contribution in [3.8, 4) is 11.3 Å². The normalized spacial score (nSPS) is 10.6. The Balaban J connectivity index is 1.66. The summed E-state index contributed by atoms with van der Waals surface area (Å²) in [7, 11) is 1.49. The van der Waals surface area contributed by atoms with Crippen LogP contribution in [0.2, 0.25) is 5.02 Å². The number of furan rings is 1. The molecule has 0 bridgehead atoms. The average molecular weight is 344 g/mol. The van der Waals surface area contributed by atoms with Crippen molar-refractivity contribution in [2.24, 2.45) is 7.05 Å². The lowest BCUT2D eigenvalue weighted by Gasteiger charge is -2.04. The second-order valence-corrected chi connectivity index (χ2v) is 5.57. The van der Waals surface area contributed by atoms with Crippen molar-refractivity contribution in [1.29, 1.82) is 0 Å². The molecule has 2 heterocycles.